The van der Waals surface area contributed by atoms with E-state index in [9.17, 15) is 9.59 Å². The van der Waals surface area contributed by atoms with Crippen LogP contribution in [0.3, 0.4) is 0 Å². The van der Waals surface area contributed by atoms with Gasteiger partial charge < -0.3 is 21.7 Å². The lowest BCUT2D eigenvalue weighted by molar-refractivity contribution is 0.0702. The van der Waals surface area contributed by atoms with Crippen molar-refractivity contribution in [2.75, 3.05) is 5.75 Å². The Morgan fingerprint density at radius 3 is 2.67 bits per heavy atom. The van der Waals surface area contributed by atoms with Gasteiger partial charge in [-0.05, 0) is 37.5 Å². The predicted molar refractivity (Wildman–Crippen MR) is 136 cm³/mol. The minimum absolute atomic E-state index is 0.211. The van der Waals surface area contributed by atoms with Crippen molar-refractivity contribution in [1.29, 1.82) is 0 Å². The highest BCUT2D eigenvalue weighted by atomic mass is 32.2. The molecule has 0 spiro atoms. The second-order valence-corrected chi connectivity index (χ2v) is 9.01. The van der Waals surface area contributed by atoms with Crippen molar-refractivity contribution in [2.45, 2.75) is 44.7 Å². The average molecular weight is 488 g/mol. The van der Waals surface area contributed by atoms with E-state index in [1.54, 1.807) is 18.2 Å². The molecular formula is C23H29N5O3S2. The van der Waals surface area contributed by atoms with Crippen LogP contribution in [-0.2, 0) is 6.42 Å². The van der Waals surface area contributed by atoms with Gasteiger partial charge in [0.25, 0.3) is 5.56 Å². The molecule has 10 heteroatoms. The van der Waals surface area contributed by atoms with Crippen molar-refractivity contribution >= 4 is 34.9 Å². The van der Waals surface area contributed by atoms with Crippen molar-refractivity contribution in [3.8, 4) is 11.3 Å². The fourth-order valence-electron chi connectivity index (χ4n) is 2.94. The first kappa shape index (κ1) is 26.1. The molecule has 2 heterocycles. The molecule has 1 aromatic carbocycles. The van der Waals surface area contributed by atoms with Crippen LogP contribution in [0, 0.1) is 0 Å². The normalized spacial score (nSPS) is 11.0. The predicted octanol–water partition coefficient (Wildman–Crippen LogP) is 4.31. The van der Waals surface area contributed by atoms with Gasteiger partial charge in [-0.3, -0.25) is 4.79 Å². The van der Waals surface area contributed by atoms with Gasteiger partial charge in [-0.15, -0.1) is 11.3 Å². The first-order valence-electron chi connectivity index (χ1n) is 10.7. The summed E-state index contributed by atoms with van der Waals surface area (Å²) in [6, 6.07) is 12.2. The standard InChI is InChI=1S/C21H23N5O3S2.C2H6/c22-19(26-23)14-6-4-5-13(11-14)16-12-18(27)25-21(24-16)30-10-3-1-2-7-15-8-9-17(31-15)20(28)29;1-2/h4-6,8-9,11-12H,1-3,7,10,23H2,(H2,22,26)(H,28,29)(H,24,25,27);1-2H3. The zero-order valence-corrected chi connectivity index (χ0v) is 20.3. The third-order valence-electron chi connectivity index (χ3n) is 4.49. The number of nitrogens with one attached hydrogen (secondary N) is 1. The van der Waals surface area contributed by atoms with Crippen molar-refractivity contribution < 1.29 is 9.90 Å². The fraction of sp³-hybridized carbons (Fsp3) is 0.304. The second kappa shape index (κ2) is 13.4. The Morgan fingerprint density at radius 1 is 1.18 bits per heavy atom. The summed E-state index contributed by atoms with van der Waals surface area (Å²) >= 11 is 2.83. The van der Waals surface area contributed by atoms with Crippen LogP contribution >= 0.6 is 23.1 Å². The van der Waals surface area contributed by atoms with E-state index < -0.39 is 5.97 Å². The van der Waals surface area contributed by atoms with Crippen LogP contribution in [0.4, 0.5) is 0 Å². The molecule has 0 unspecified atom stereocenters. The number of aromatic nitrogens is 2. The van der Waals surface area contributed by atoms with Crippen molar-refractivity contribution in [3.63, 3.8) is 0 Å². The molecule has 0 saturated carbocycles. The summed E-state index contributed by atoms with van der Waals surface area (Å²) in [5, 5.41) is 13.0. The molecule has 0 saturated heterocycles. The van der Waals surface area contributed by atoms with Crippen LogP contribution in [0.5, 0.6) is 0 Å². The van der Waals surface area contributed by atoms with Gasteiger partial charge in [-0.25, -0.2) is 9.78 Å². The van der Waals surface area contributed by atoms with Gasteiger partial charge >= 0.3 is 5.97 Å². The molecule has 176 valence electrons. The van der Waals surface area contributed by atoms with Crippen molar-refractivity contribution in [1.82, 2.24) is 9.97 Å². The van der Waals surface area contributed by atoms with Crippen LogP contribution in [0.15, 0.2) is 57.5 Å². The fourth-order valence-corrected chi connectivity index (χ4v) is 4.70. The number of hydrogen-bond donors (Lipinski definition) is 4. The van der Waals surface area contributed by atoms with Gasteiger partial charge in [0.1, 0.15) is 10.7 Å². The van der Waals surface area contributed by atoms with E-state index in [-0.39, 0.29) is 11.4 Å². The number of H-pyrrole nitrogens is 1. The maximum Gasteiger partial charge on any atom is 0.345 e. The average Bonchev–Trinajstić information content (AvgIpc) is 3.31. The zero-order chi connectivity index (χ0) is 24.2. The van der Waals surface area contributed by atoms with E-state index in [0.29, 0.717) is 21.3 Å². The lowest BCUT2D eigenvalue weighted by Crippen LogP contribution is -2.15. The van der Waals surface area contributed by atoms with E-state index in [1.807, 2.05) is 32.0 Å². The van der Waals surface area contributed by atoms with Gasteiger partial charge in [0, 0.05) is 27.8 Å². The monoisotopic (exact) mass is 487 g/mol. The quantitative estimate of drug-likeness (QED) is 0.0633. The highest BCUT2D eigenvalue weighted by Gasteiger charge is 2.08. The Labute approximate surface area is 201 Å². The van der Waals surface area contributed by atoms with Gasteiger partial charge in [0.2, 0.25) is 0 Å². The SMILES string of the molecule is CC.N/N=C(\N)c1cccc(-c2cc(=O)[nH]c(SCCCCCc3ccc(C(=O)O)s3)n2)c1. The number of carbonyl (C=O) groups is 1. The number of aromatic carboxylic acids is 1. The highest BCUT2D eigenvalue weighted by molar-refractivity contribution is 7.99. The molecule has 8 nitrogen and oxygen atoms in total. The molecule has 0 atom stereocenters. The Bertz CT molecular complexity index is 1140. The van der Waals surface area contributed by atoms with Gasteiger partial charge in [-0.2, -0.15) is 5.10 Å². The summed E-state index contributed by atoms with van der Waals surface area (Å²) in [6.07, 6.45) is 3.84. The summed E-state index contributed by atoms with van der Waals surface area (Å²) in [5.74, 6) is 5.40. The number of aryl methyl sites for hydroxylation is 1. The molecule has 33 heavy (non-hydrogen) atoms. The molecule has 0 aliphatic rings. The number of carboxylic acids is 1. The number of aromatic amines is 1. The topological polar surface area (TPSA) is 147 Å². The summed E-state index contributed by atoms with van der Waals surface area (Å²) in [7, 11) is 0. The number of thioether (sulfide) groups is 1. The lowest BCUT2D eigenvalue weighted by atomic mass is 10.1. The minimum atomic E-state index is -0.876. The molecule has 0 aliphatic heterocycles. The number of rotatable bonds is 10. The molecule has 0 radical (unpaired) electrons. The first-order chi connectivity index (χ1) is 16.0. The van der Waals surface area contributed by atoms with E-state index in [1.165, 1.54) is 29.2 Å². The Hall–Kier alpha value is -3.11. The highest BCUT2D eigenvalue weighted by Crippen LogP contribution is 2.22. The first-order valence-corrected chi connectivity index (χ1v) is 12.5. The summed E-state index contributed by atoms with van der Waals surface area (Å²) < 4.78 is 0. The Balaban J connectivity index is 0.00000187. The van der Waals surface area contributed by atoms with Gasteiger partial charge in [0.15, 0.2) is 5.16 Å². The van der Waals surface area contributed by atoms with E-state index in [2.05, 4.69) is 15.1 Å². The number of benzene rings is 1. The van der Waals surface area contributed by atoms with Crippen molar-refractivity contribution in [3.05, 3.63) is 68.1 Å². The van der Waals surface area contributed by atoms with Crippen LogP contribution in [0.2, 0.25) is 0 Å². The molecule has 0 bridgehead atoms. The number of thiophene rings is 1. The number of hydrazone groups is 1. The third-order valence-corrected chi connectivity index (χ3v) is 6.58. The maximum atomic E-state index is 12.1. The molecular weight excluding hydrogens is 458 g/mol. The van der Waals surface area contributed by atoms with E-state index in [4.69, 9.17) is 16.7 Å². The van der Waals surface area contributed by atoms with Crippen LogP contribution in [0.25, 0.3) is 11.3 Å². The molecule has 0 fully saturated rings. The largest absolute Gasteiger partial charge is 0.477 e. The number of carboxylic acid groups (broad SMARTS) is 1. The molecule has 0 aliphatic carbocycles. The molecule has 6 N–H and O–H groups in total. The molecule has 0 amide bonds. The molecule has 3 rings (SSSR count). The van der Waals surface area contributed by atoms with Crippen LogP contribution in [0.1, 0.15) is 53.2 Å². The number of nitrogens with two attached hydrogens (primary N) is 2. The zero-order valence-electron chi connectivity index (χ0n) is 18.7. The van der Waals surface area contributed by atoms with Crippen molar-refractivity contribution in [2.24, 2.45) is 16.7 Å². The maximum absolute atomic E-state index is 12.1. The van der Waals surface area contributed by atoms with Gasteiger partial charge in [0.05, 0.1) is 5.69 Å². The van der Waals surface area contributed by atoms with E-state index in [0.717, 1.165) is 41.9 Å². The van der Waals surface area contributed by atoms with Crippen LogP contribution < -0.4 is 17.1 Å². The minimum Gasteiger partial charge on any atom is -0.477 e. The lowest BCUT2D eigenvalue weighted by Gasteiger charge is -2.06. The summed E-state index contributed by atoms with van der Waals surface area (Å²) in [4.78, 5) is 31.8. The Kier molecular flexibility index (Phi) is 10.6. The summed E-state index contributed by atoms with van der Waals surface area (Å²) in [5.41, 5.74) is 7.53. The molecule has 3 aromatic rings. The Morgan fingerprint density at radius 2 is 1.97 bits per heavy atom. The van der Waals surface area contributed by atoms with E-state index >= 15 is 0 Å². The second-order valence-electron chi connectivity index (χ2n) is 6.76. The number of amidine groups is 1. The molecule has 2 aromatic heterocycles. The number of hydrogen-bond acceptors (Lipinski definition) is 7. The van der Waals surface area contributed by atoms with Gasteiger partial charge in [-0.1, -0.05) is 50.2 Å². The smallest absolute Gasteiger partial charge is 0.345 e. The summed E-state index contributed by atoms with van der Waals surface area (Å²) in [6.45, 7) is 4.00. The third kappa shape index (κ3) is 8.07. The number of nitrogens with zero attached hydrogens (tertiary/aromatic N) is 2. The number of unbranched alkanes of at least 4 members (excludes halogenated alkanes) is 2. The van der Waals surface area contributed by atoms with Crippen LogP contribution in [-0.4, -0.2) is 32.6 Å².